The van der Waals surface area contributed by atoms with Crippen molar-refractivity contribution in [3.05, 3.63) is 96.1 Å². The average Bonchev–Trinajstić information content (AvgIpc) is 2.79. The number of carbonyl (C=O) groups is 1. The first kappa shape index (κ1) is 24.3. The molecule has 0 aromatic heterocycles. The highest BCUT2D eigenvalue weighted by Crippen LogP contribution is 2.19. The van der Waals surface area contributed by atoms with Crippen LogP contribution in [0.25, 0.3) is 11.1 Å². The molecular weight excluding hydrogens is 390 g/mol. The smallest absolute Gasteiger partial charge is 0.323 e. The summed E-state index contributed by atoms with van der Waals surface area (Å²) in [5, 5.41) is 7.90. The third kappa shape index (κ3) is 9.13. The van der Waals surface area contributed by atoms with Crippen molar-refractivity contribution in [2.45, 2.75) is 45.4 Å². The van der Waals surface area contributed by atoms with Crippen LogP contribution < -0.4 is 5.73 Å². The molecule has 0 unspecified atom stereocenters. The molecule has 3 aromatic carbocycles. The molecule has 5 nitrogen and oxygen atoms in total. The Hall–Kier alpha value is -2.99. The molecule has 0 spiro atoms. The van der Waals surface area contributed by atoms with E-state index in [1.807, 2.05) is 72.8 Å². The van der Waals surface area contributed by atoms with Gasteiger partial charge < -0.3 is 10.5 Å². The molecule has 0 amide bonds. The van der Waals surface area contributed by atoms with Crippen molar-refractivity contribution in [2.75, 3.05) is 0 Å². The number of hydrogen-bond donors (Lipinski definition) is 2. The average molecular weight is 424 g/mol. The van der Waals surface area contributed by atoms with Crippen LogP contribution in [0.1, 0.15) is 33.3 Å². The summed E-state index contributed by atoms with van der Waals surface area (Å²) in [6, 6.07) is 27.2. The highest BCUT2D eigenvalue weighted by Gasteiger charge is 2.16. The summed E-state index contributed by atoms with van der Waals surface area (Å²) in [5.41, 5.74) is 9.87. The van der Waals surface area contributed by atoms with Gasteiger partial charge in [-0.1, -0.05) is 84.9 Å². The number of hydrogen-bond acceptors (Lipinski definition) is 5. The van der Waals surface area contributed by atoms with Crippen molar-refractivity contribution in [1.82, 2.24) is 0 Å². The molecule has 0 heterocycles. The maximum Gasteiger partial charge on any atom is 0.323 e. The van der Waals surface area contributed by atoms with Crippen LogP contribution in [0.3, 0.4) is 0 Å². The molecule has 0 radical (unpaired) electrons. The van der Waals surface area contributed by atoms with E-state index in [1.165, 1.54) is 5.56 Å². The standard InChI is InChI=1S/C22H21NO2.C4H10O2.H2/c23-21(22(24)25-16-18-7-3-1-4-8-18)15-17-11-13-20(14-12-17)19-9-5-2-6-10-19;1-4(2,3)6-5;/h1-14,21H,15-16,23H2;5H,1-3H3;1H/t21-;;/m0../s1. The molecule has 0 saturated heterocycles. The molecule has 0 bridgehead atoms. The molecule has 3 N–H and O–H groups in total. The van der Waals surface area contributed by atoms with Gasteiger partial charge in [0.15, 0.2) is 0 Å². The van der Waals surface area contributed by atoms with Gasteiger partial charge in [0.25, 0.3) is 0 Å². The van der Waals surface area contributed by atoms with Crippen LogP contribution in [-0.4, -0.2) is 22.9 Å². The fourth-order valence-corrected chi connectivity index (χ4v) is 2.64. The molecule has 3 rings (SSSR count). The van der Waals surface area contributed by atoms with Gasteiger partial charge in [0.05, 0.1) is 5.60 Å². The van der Waals surface area contributed by atoms with Crippen molar-refractivity contribution in [3.63, 3.8) is 0 Å². The lowest BCUT2D eigenvalue weighted by atomic mass is 10.0. The first-order valence-electron chi connectivity index (χ1n) is 10.2. The minimum absolute atomic E-state index is 0. The predicted molar refractivity (Wildman–Crippen MR) is 125 cm³/mol. The lowest BCUT2D eigenvalue weighted by molar-refractivity contribution is -0.306. The van der Waals surface area contributed by atoms with Crippen molar-refractivity contribution < 1.29 is 21.1 Å². The van der Waals surface area contributed by atoms with Crippen molar-refractivity contribution in [2.24, 2.45) is 5.73 Å². The largest absolute Gasteiger partial charge is 0.460 e. The van der Waals surface area contributed by atoms with Gasteiger partial charge in [0, 0.05) is 1.43 Å². The fourth-order valence-electron chi connectivity index (χ4n) is 2.64. The summed E-state index contributed by atoms with van der Waals surface area (Å²) in [6.07, 6.45) is 0.461. The quantitative estimate of drug-likeness (QED) is 0.311. The molecule has 166 valence electrons. The Morgan fingerprint density at radius 2 is 1.35 bits per heavy atom. The van der Waals surface area contributed by atoms with E-state index in [4.69, 9.17) is 15.7 Å². The molecule has 0 aliphatic rings. The zero-order valence-corrected chi connectivity index (χ0v) is 18.3. The zero-order chi connectivity index (χ0) is 22.7. The lowest BCUT2D eigenvalue weighted by Gasteiger charge is -2.12. The van der Waals surface area contributed by atoms with E-state index in [0.29, 0.717) is 6.42 Å². The third-order valence-electron chi connectivity index (χ3n) is 4.32. The minimum Gasteiger partial charge on any atom is -0.460 e. The van der Waals surface area contributed by atoms with Crippen molar-refractivity contribution >= 4 is 5.97 Å². The summed E-state index contributed by atoms with van der Waals surface area (Å²) in [4.78, 5) is 16.0. The van der Waals surface area contributed by atoms with Crippen LogP contribution in [-0.2, 0) is 27.4 Å². The molecule has 1 atom stereocenters. The summed E-state index contributed by atoms with van der Waals surface area (Å²) >= 11 is 0. The summed E-state index contributed by atoms with van der Waals surface area (Å²) < 4.78 is 5.29. The van der Waals surface area contributed by atoms with Gasteiger partial charge in [-0.05, 0) is 49.4 Å². The van der Waals surface area contributed by atoms with Crippen molar-refractivity contribution in [3.8, 4) is 11.1 Å². The second kappa shape index (κ2) is 12.0. The first-order valence-corrected chi connectivity index (χ1v) is 10.2. The molecule has 0 aliphatic carbocycles. The van der Waals surface area contributed by atoms with E-state index in [9.17, 15) is 4.79 Å². The van der Waals surface area contributed by atoms with Crippen LogP contribution in [0.15, 0.2) is 84.9 Å². The predicted octanol–water partition coefficient (Wildman–Crippen LogP) is 5.49. The van der Waals surface area contributed by atoms with Crippen LogP contribution in [0.2, 0.25) is 0 Å². The SMILES string of the molecule is CC(C)(C)OO.N[C@@H](Cc1ccc(-c2ccccc2)cc1)C(=O)OCc1ccccc1.[HH]. The number of esters is 1. The number of rotatable bonds is 6. The van der Waals surface area contributed by atoms with E-state index in [2.05, 4.69) is 17.0 Å². The number of carbonyl (C=O) groups excluding carboxylic acids is 1. The van der Waals surface area contributed by atoms with E-state index in [1.54, 1.807) is 20.8 Å². The lowest BCUT2D eigenvalue weighted by Crippen LogP contribution is -2.34. The minimum atomic E-state index is -0.661. The Morgan fingerprint density at radius 1 is 0.871 bits per heavy atom. The van der Waals surface area contributed by atoms with E-state index in [0.717, 1.165) is 16.7 Å². The maximum absolute atomic E-state index is 12.1. The second-order valence-electron chi connectivity index (χ2n) is 8.17. The summed E-state index contributed by atoms with van der Waals surface area (Å²) in [6.45, 7) is 5.56. The fraction of sp³-hybridized carbons (Fsp3) is 0.269. The Labute approximate surface area is 185 Å². The van der Waals surface area contributed by atoms with Crippen LogP contribution in [0.4, 0.5) is 0 Å². The van der Waals surface area contributed by atoms with Gasteiger partial charge in [0.2, 0.25) is 0 Å². The zero-order valence-electron chi connectivity index (χ0n) is 18.3. The van der Waals surface area contributed by atoms with Gasteiger partial charge in [-0.25, -0.2) is 4.89 Å². The molecule has 31 heavy (non-hydrogen) atoms. The summed E-state index contributed by atoms with van der Waals surface area (Å²) in [7, 11) is 0. The van der Waals surface area contributed by atoms with E-state index >= 15 is 0 Å². The molecule has 0 fully saturated rings. The van der Waals surface area contributed by atoms with Gasteiger partial charge in [-0.3, -0.25) is 10.1 Å². The first-order chi connectivity index (χ1) is 14.8. The van der Waals surface area contributed by atoms with Crippen LogP contribution in [0.5, 0.6) is 0 Å². The number of benzene rings is 3. The highest BCUT2D eigenvalue weighted by atomic mass is 17.1. The number of nitrogens with two attached hydrogens (primary N) is 1. The monoisotopic (exact) mass is 423 g/mol. The van der Waals surface area contributed by atoms with Crippen LogP contribution in [0, 0.1) is 0 Å². The Kier molecular flexibility index (Phi) is 9.40. The molecule has 3 aromatic rings. The molecule has 0 aliphatic heterocycles. The topological polar surface area (TPSA) is 81.8 Å². The third-order valence-corrected chi connectivity index (χ3v) is 4.32. The summed E-state index contributed by atoms with van der Waals surface area (Å²) in [5.74, 6) is -0.379. The Morgan fingerprint density at radius 3 is 1.87 bits per heavy atom. The van der Waals surface area contributed by atoms with Gasteiger partial charge >= 0.3 is 5.97 Å². The van der Waals surface area contributed by atoms with Gasteiger partial charge in [-0.2, -0.15) is 0 Å². The molecule has 0 saturated carbocycles. The van der Waals surface area contributed by atoms with Gasteiger partial charge in [0.1, 0.15) is 12.6 Å². The normalized spacial score (nSPS) is 11.8. The maximum atomic E-state index is 12.1. The number of ether oxygens (including phenoxy) is 1. The van der Waals surface area contributed by atoms with Gasteiger partial charge in [-0.15, -0.1) is 0 Å². The van der Waals surface area contributed by atoms with E-state index < -0.39 is 11.6 Å². The Bertz CT molecular complexity index is 910. The molecular formula is C26H33NO4. The Balaban J connectivity index is 0.000000648. The van der Waals surface area contributed by atoms with E-state index in [-0.39, 0.29) is 14.0 Å². The highest BCUT2D eigenvalue weighted by molar-refractivity contribution is 5.76. The van der Waals surface area contributed by atoms with Crippen molar-refractivity contribution in [1.29, 1.82) is 0 Å². The second-order valence-corrected chi connectivity index (χ2v) is 8.17. The van der Waals surface area contributed by atoms with Crippen LogP contribution >= 0.6 is 0 Å². The molecule has 5 heteroatoms.